The van der Waals surface area contributed by atoms with Gasteiger partial charge in [0.15, 0.2) is 0 Å². The van der Waals surface area contributed by atoms with Crippen LogP contribution in [0.5, 0.6) is 0 Å². The Morgan fingerprint density at radius 1 is 1.39 bits per heavy atom. The van der Waals surface area contributed by atoms with Gasteiger partial charge in [-0.25, -0.2) is 4.68 Å². The van der Waals surface area contributed by atoms with E-state index in [2.05, 4.69) is 38.1 Å². The Labute approximate surface area is 143 Å². The van der Waals surface area contributed by atoms with Gasteiger partial charge < -0.3 is 5.11 Å². The smallest absolute Gasteiger partial charge is 0.307 e. The molecule has 0 amide bonds. The molecular formula is C16H19BrN4O2. The summed E-state index contributed by atoms with van der Waals surface area (Å²) in [5.74, 6) is -0.626. The number of rotatable bonds is 4. The lowest BCUT2D eigenvalue weighted by molar-refractivity contribution is -0.144. The third kappa shape index (κ3) is 3.79. The molecule has 3 rings (SSSR count). The Morgan fingerprint density at radius 3 is 2.91 bits per heavy atom. The number of nitrogens with zero attached hydrogens (tertiary/aromatic N) is 4. The number of para-hydroxylation sites is 1. The Balaban J connectivity index is 1.72. The number of aromatic nitrogens is 3. The first-order valence-corrected chi connectivity index (χ1v) is 8.43. The van der Waals surface area contributed by atoms with Gasteiger partial charge in [-0.15, -0.1) is 5.10 Å². The molecule has 1 aromatic carbocycles. The van der Waals surface area contributed by atoms with Gasteiger partial charge in [-0.3, -0.25) is 9.69 Å². The molecule has 2 unspecified atom stereocenters. The van der Waals surface area contributed by atoms with Crippen molar-refractivity contribution in [2.45, 2.75) is 19.9 Å². The maximum atomic E-state index is 11.3. The molecular weight excluding hydrogens is 360 g/mol. The fourth-order valence-electron chi connectivity index (χ4n) is 3.12. The number of benzene rings is 1. The number of hydrogen-bond acceptors (Lipinski definition) is 4. The highest BCUT2D eigenvalue weighted by Crippen LogP contribution is 2.24. The molecule has 2 aromatic rings. The third-order valence-electron chi connectivity index (χ3n) is 4.11. The molecule has 6 nitrogen and oxygen atoms in total. The molecule has 7 heteroatoms. The van der Waals surface area contributed by atoms with E-state index in [-0.39, 0.29) is 5.92 Å². The molecule has 1 saturated heterocycles. The van der Waals surface area contributed by atoms with Gasteiger partial charge in [0, 0.05) is 24.1 Å². The number of halogens is 1. The van der Waals surface area contributed by atoms with Gasteiger partial charge in [0.05, 0.1) is 23.5 Å². The molecule has 122 valence electrons. The molecule has 1 aliphatic heterocycles. The van der Waals surface area contributed by atoms with Gasteiger partial charge in [-0.2, -0.15) is 0 Å². The first kappa shape index (κ1) is 16.1. The molecule has 0 aliphatic carbocycles. The van der Waals surface area contributed by atoms with Crippen molar-refractivity contribution in [3.8, 4) is 5.69 Å². The number of aliphatic carboxylic acids is 1. The molecule has 1 fully saturated rings. The van der Waals surface area contributed by atoms with Crippen LogP contribution in [0.3, 0.4) is 0 Å². The van der Waals surface area contributed by atoms with Crippen LogP contribution >= 0.6 is 15.9 Å². The summed E-state index contributed by atoms with van der Waals surface area (Å²) in [4.78, 5) is 13.4. The van der Waals surface area contributed by atoms with Gasteiger partial charge in [-0.1, -0.05) is 24.3 Å². The Hall–Kier alpha value is -1.73. The van der Waals surface area contributed by atoms with Gasteiger partial charge in [0.25, 0.3) is 0 Å². The largest absolute Gasteiger partial charge is 0.481 e. The maximum Gasteiger partial charge on any atom is 0.307 e. The number of likely N-dealkylation sites (tertiary alicyclic amines) is 1. The Bertz CT molecular complexity index is 703. The van der Waals surface area contributed by atoms with E-state index >= 15 is 0 Å². The molecule has 1 aliphatic rings. The van der Waals surface area contributed by atoms with Crippen molar-refractivity contribution in [1.82, 2.24) is 19.9 Å². The van der Waals surface area contributed by atoms with E-state index in [1.165, 1.54) is 0 Å². The molecule has 0 saturated carbocycles. The fourth-order valence-corrected chi connectivity index (χ4v) is 3.59. The van der Waals surface area contributed by atoms with Gasteiger partial charge in [-0.05, 0) is 40.4 Å². The normalized spacial score (nSPS) is 22.2. The van der Waals surface area contributed by atoms with Crippen molar-refractivity contribution in [3.63, 3.8) is 0 Å². The number of carboxylic acid groups (broad SMARTS) is 1. The number of carbonyl (C=O) groups is 1. The predicted molar refractivity (Wildman–Crippen MR) is 89.2 cm³/mol. The zero-order valence-corrected chi connectivity index (χ0v) is 14.5. The lowest BCUT2D eigenvalue weighted by atomic mass is 9.90. The zero-order chi connectivity index (χ0) is 16.4. The predicted octanol–water partition coefficient (Wildman–Crippen LogP) is 2.57. The van der Waals surface area contributed by atoms with Crippen molar-refractivity contribution in [2.24, 2.45) is 11.8 Å². The molecule has 2 atom stereocenters. The minimum absolute atomic E-state index is 0.294. The topological polar surface area (TPSA) is 71.2 Å². The lowest BCUT2D eigenvalue weighted by Crippen LogP contribution is -2.42. The number of piperidine rings is 1. The monoisotopic (exact) mass is 378 g/mol. The summed E-state index contributed by atoms with van der Waals surface area (Å²) >= 11 is 3.51. The van der Waals surface area contributed by atoms with Crippen LogP contribution in [-0.2, 0) is 11.3 Å². The van der Waals surface area contributed by atoms with Crippen molar-refractivity contribution >= 4 is 21.9 Å². The van der Waals surface area contributed by atoms with Crippen LogP contribution < -0.4 is 0 Å². The molecule has 1 aromatic heterocycles. The van der Waals surface area contributed by atoms with Crippen LogP contribution in [0.25, 0.3) is 5.69 Å². The molecule has 0 radical (unpaired) electrons. The van der Waals surface area contributed by atoms with Crippen LogP contribution in [0.2, 0.25) is 0 Å². The van der Waals surface area contributed by atoms with E-state index in [1.54, 1.807) is 4.68 Å². The van der Waals surface area contributed by atoms with Gasteiger partial charge in [0.1, 0.15) is 0 Å². The SMILES string of the molecule is CC1CC(C(=O)O)CN(Cc2cn(-c3ccccc3Br)nn2)C1. The lowest BCUT2D eigenvalue weighted by Gasteiger charge is -2.34. The second-order valence-electron chi connectivity index (χ2n) is 6.18. The summed E-state index contributed by atoms with van der Waals surface area (Å²) in [7, 11) is 0. The quantitative estimate of drug-likeness (QED) is 0.884. The van der Waals surface area contributed by atoms with Gasteiger partial charge >= 0.3 is 5.97 Å². The molecule has 23 heavy (non-hydrogen) atoms. The second kappa shape index (κ2) is 6.80. The van der Waals surface area contributed by atoms with E-state index in [0.717, 1.165) is 28.8 Å². The highest BCUT2D eigenvalue weighted by Gasteiger charge is 2.29. The molecule has 2 heterocycles. The standard InChI is InChI=1S/C16H19BrN4O2/c1-11-6-12(16(22)23)8-20(7-11)9-13-10-21(19-18-13)15-5-3-2-4-14(15)17/h2-5,10-12H,6-9H2,1H3,(H,22,23). The van der Waals surface area contributed by atoms with Crippen LogP contribution in [0.4, 0.5) is 0 Å². The first-order valence-electron chi connectivity index (χ1n) is 7.64. The highest BCUT2D eigenvalue weighted by molar-refractivity contribution is 9.10. The average Bonchev–Trinajstić information content (AvgIpc) is 2.95. The van der Waals surface area contributed by atoms with Crippen molar-refractivity contribution in [2.75, 3.05) is 13.1 Å². The molecule has 1 N–H and O–H groups in total. The van der Waals surface area contributed by atoms with Crippen LogP contribution in [-0.4, -0.2) is 44.1 Å². The number of carboxylic acids is 1. The summed E-state index contributed by atoms with van der Waals surface area (Å²) in [6.07, 6.45) is 2.64. The summed E-state index contributed by atoms with van der Waals surface area (Å²) < 4.78 is 2.69. The van der Waals surface area contributed by atoms with Crippen LogP contribution in [0.15, 0.2) is 34.9 Å². The first-order chi connectivity index (χ1) is 11.0. The van der Waals surface area contributed by atoms with E-state index < -0.39 is 5.97 Å². The average molecular weight is 379 g/mol. The van der Waals surface area contributed by atoms with E-state index in [9.17, 15) is 9.90 Å². The maximum absolute atomic E-state index is 11.3. The summed E-state index contributed by atoms with van der Waals surface area (Å²) in [5.41, 5.74) is 1.78. The van der Waals surface area contributed by atoms with Crippen LogP contribution in [0, 0.1) is 11.8 Å². The third-order valence-corrected chi connectivity index (χ3v) is 4.78. The van der Waals surface area contributed by atoms with Crippen molar-refractivity contribution < 1.29 is 9.90 Å². The van der Waals surface area contributed by atoms with Crippen molar-refractivity contribution in [3.05, 3.63) is 40.6 Å². The Morgan fingerprint density at radius 2 is 2.17 bits per heavy atom. The van der Waals surface area contributed by atoms with E-state index in [4.69, 9.17) is 0 Å². The second-order valence-corrected chi connectivity index (χ2v) is 7.03. The fraction of sp³-hybridized carbons (Fsp3) is 0.438. The summed E-state index contributed by atoms with van der Waals surface area (Å²) in [6.45, 7) is 4.19. The molecule has 0 spiro atoms. The van der Waals surface area contributed by atoms with E-state index in [1.807, 2.05) is 30.5 Å². The number of hydrogen-bond donors (Lipinski definition) is 1. The minimum Gasteiger partial charge on any atom is -0.481 e. The zero-order valence-electron chi connectivity index (χ0n) is 12.9. The summed E-state index contributed by atoms with van der Waals surface area (Å²) in [5, 5.41) is 17.7. The van der Waals surface area contributed by atoms with Gasteiger partial charge in [0.2, 0.25) is 0 Å². The minimum atomic E-state index is -0.710. The Kier molecular flexibility index (Phi) is 4.77. The highest BCUT2D eigenvalue weighted by atomic mass is 79.9. The van der Waals surface area contributed by atoms with E-state index in [0.29, 0.717) is 19.0 Å². The van der Waals surface area contributed by atoms with Crippen molar-refractivity contribution in [1.29, 1.82) is 0 Å². The molecule has 0 bridgehead atoms. The van der Waals surface area contributed by atoms with Crippen LogP contribution in [0.1, 0.15) is 19.0 Å². The summed E-state index contributed by atoms with van der Waals surface area (Å²) in [6, 6.07) is 7.82.